The van der Waals surface area contributed by atoms with E-state index in [1.807, 2.05) is 0 Å². The summed E-state index contributed by atoms with van der Waals surface area (Å²) < 4.78 is 35.9. The number of carboxylic acid groups (broad SMARTS) is 1. The fourth-order valence-corrected chi connectivity index (χ4v) is 1.15. The molecule has 0 aromatic rings. The number of carbonyl (C=O) groups excluding carboxylic acids is 1. The number of nitrogens with one attached hydrogen (secondary N) is 1. The van der Waals surface area contributed by atoms with Crippen molar-refractivity contribution in [2.45, 2.75) is 32.9 Å². The van der Waals surface area contributed by atoms with E-state index in [1.54, 1.807) is 6.92 Å². The molecule has 0 heterocycles. The average Bonchev–Trinajstić information content (AvgIpc) is 2.31. The van der Waals surface area contributed by atoms with Gasteiger partial charge in [-0.1, -0.05) is 6.92 Å². The number of rotatable bonds is 6. The molecule has 112 valence electrons. The predicted octanol–water partition coefficient (Wildman–Crippen LogP) is 2.08. The zero-order valence-corrected chi connectivity index (χ0v) is 11.2. The van der Waals surface area contributed by atoms with Crippen molar-refractivity contribution in [1.29, 1.82) is 0 Å². The molecule has 0 aromatic carbocycles. The minimum Gasteiger partial charge on any atom is -0.481 e. The van der Waals surface area contributed by atoms with Gasteiger partial charge < -0.3 is 15.3 Å². The van der Waals surface area contributed by atoms with Gasteiger partial charge in [0, 0.05) is 20.1 Å². The second kappa shape index (κ2) is 6.63. The summed E-state index contributed by atoms with van der Waals surface area (Å²) in [7, 11) is 1.23. The molecule has 1 unspecified atom stereocenters. The van der Waals surface area contributed by atoms with Gasteiger partial charge in [-0.2, -0.15) is 13.2 Å². The number of carboxylic acids is 1. The van der Waals surface area contributed by atoms with Crippen LogP contribution in [0, 0.1) is 5.41 Å². The van der Waals surface area contributed by atoms with Gasteiger partial charge in [-0.3, -0.25) is 4.79 Å². The molecular formula is C11H19F3N2O3. The zero-order valence-electron chi connectivity index (χ0n) is 11.2. The average molecular weight is 284 g/mol. The Labute approximate surface area is 109 Å². The first-order chi connectivity index (χ1) is 8.52. The number of urea groups is 1. The van der Waals surface area contributed by atoms with Gasteiger partial charge in [0.05, 0.1) is 11.8 Å². The number of halogens is 3. The molecule has 19 heavy (non-hydrogen) atoms. The van der Waals surface area contributed by atoms with E-state index in [9.17, 15) is 22.8 Å². The van der Waals surface area contributed by atoms with Gasteiger partial charge in [0.15, 0.2) is 0 Å². The van der Waals surface area contributed by atoms with Crippen LogP contribution in [-0.4, -0.2) is 48.3 Å². The molecule has 0 rings (SSSR count). The number of amides is 2. The number of carbonyl (C=O) groups is 2. The minimum atomic E-state index is -4.33. The quantitative estimate of drug-likeness (QED) is 0.784. The van der Waals surface area contributed by atoms with E-state index in [2.05, 4.69) is 5.32 Å². The SMILES string of the molecule is CCC(C)(CNC(=O)N(C)CCC(F)(F)F)C(=O)O. The molecule has 0 aliphatic heterocycles. The lowest BCUT2D eigenvalue weighted by Gasteiger charge is -2.25. The molecular weight excluding hydrogens is 265 g/mol. The monoisotopic (exact) mass is 284 g/mol. The van der Waals surface area contributed by atoms with Crippen molar-refractivity contribution in [3.8, 4) is 0 Å². The molecule has 0 saturated heterocycles. The van der Waals surface area contributed by atoms with E-state index in [-0.39, 0.29) is 6.54 Å². The minimum absolute atomic E-state index is 0.131. The maximum Gasteiger partial charge on any atom is 0.390 e. The van der Waals surface area contributed by atoms with Crippen molar-refractivity contribution in [2.24, 2.45) is 5.41 Å². The first kappa shape index (κ1) is 17.5. The molecule has 0 bridgehead atoms. The number of hydrogen-bond acceptors (Lipinski definition) is 2. The van der Waals surface area contributed by atoms with Crippen LogP contribution in [0.5, 0.6) is 0 Å². The van der Waals surface area contributed by atoms with Crippen molar-refractivity contribution in [3.63, 3.8) is 0 Å². The van der Waals surface area contributed by atoms with Crippen LogP contribution in [0.25, 0.3) is 0 Å². The highest BCUT2D eigenvalue weighted by Crippen LogP contribution is 2.21. The number of hydrogen-bond donors (Lipinski definition) is 2. The third kappa shape index (κ3) is 6.30. The Morgan fingerprint density at radius 2 is 1.84 bits per heavy atom. The molecule has 1 atom stereocenters. The van der Waals surface area contributed by atoms with Crippen molar-refractivity contribution in [1.82, 2.24) is 10.2 Å². The first-order valence-corrected chi connectivity index (χ1v) is 5.81. The molecule has 0 aliphatic carbocycles. The van der Waals surface area contributed by atoms with Crippen LogP contribution in [0.1, 0.15) is 26.7 Å². The van der Waals surface area contributed by atoms with Gasteiger partial charge in [-0.05, 0) is 13.3 Å². The van der Waals surface area contributed by atoms with Gasteiger partial charge in [-0.15, -0.1) is 0 Å². The second-order valence-corrected chi connectivity index (χ2v) is 4.66. The highest BCUT2D eigenvalue weighted by Gasteiger charge is 2.32. The van der Waals surface area contributed by atoms with Crippen molar-refractivity contribution >= 4 is 12.0 Å². The smallest absolute Gasteiger partial charge is 0.390 e. The summed E-state index contributed by atoms with van der Waals surface area (Å²) in [5, 5.41) is 11.3. The van der Waals surface area contributed by atoms with Gasteiger partial charge in [-0.25, -0.2) is 4.79 Å². The Balaban J connectivity index is 4.27. The molecule has 2 N–H and O–H groups in total. The van der Waals surface area contributed by atoms with Crippen LogP contribution in [0.15, 0.2) is 0 Å². The van der Waals surface area contributed by atoms with Crippen LogP contribution in [0.4, 0.5) is 18.0 Å². The molecule has 8 heteroatoms. The molecule has 0 spiro atoms. The summed E-state index contributed by atoms with van der Waals surface area (Å²) in [6.45, 7) is 2.53. The molecule has 0 fully saturated rings. The molecule has 2 amide bonds. The summed E-state index contributed by atoms with van der Waals surface area (Å²) in [5.74, 6) is -1.06. The fraction of sp³-hybridized carbons (Fsp3) is 0.818. The molecule has 0 aromatic heterocycles. The standard InChI is InChI=1S/C11H19F3N2O3/c1-4-10(2,8(17)18)7-15-9(19)16(3)6-5-11(12,13)14/h4-7H2,1-3H3,(H,15,19)(H,17,18). The van der Waals surface area contributed by atoms with Crippen LogP contribution in [-0.2, 0) is 4.79 Å². The first-order valence-electron chi connectivity index (χ1n) is 5.81. The lowest BCUT2D eigenvalue weighted by Crippen LogP contribution is -2.45. The van der Waals surface area contributed by atoms with E-state index < -0.39 is 36.6 Å². The second-order valence-electron chi connectivity index (χ2n) is 4.66. The molecule has 0 radical (unpaired) electrons. The lowest BCUT2D eigenvalue weighted by molar-refractivity contribution is -0.147. The van der Waals surface area contributed by atoms with Gasteiger partial charge >= 0.3 is 18.2 Å². The summed E-state index contributed by atoms with van der Waals surface area (Å²) in [6, 6.07) is -0.717. The van der Waals surface area contributed by atoms with E-state index >= 15 is 0 Å². The normalized spacial score (nSPS) is 14.6. The van der Waals surface area contributed by atoms with Crippen LogP contribution >= 0.6 is 0 Å². The summed E-state index contributed by atoms with van der Waals surface area (Å²) in [6.07, 6.45) is -5.12. The van der Waals surface area contributed by atoms with Gasteiger partial charge in [0.25, 0.3) is 0 Å². The third-order valence-electron chi connectivity index (χ3n) is 3.00. The third-order valence-corrected chi connectivity index (χ3v) is 3.00. The Kier molecular flexibility index (Phi) is 6.11. The largest absolute Gasteiger partial charge is 0.481 e. The lowest BCUT2D eigenvalue weighted by atomic mass is 9.88. The Morgan fingerprint density at radius 1 is 1.32 bits per heavy atom. The maximum atomic E-state index is 12.0. The Bertz CT molecular complexity index is 334. The zero-order chi connectivity index (χ0) is 15.3. The van der Waals surface area contributed by atoms with Crippen LogP contribution < -0.4 is 5.32 Å². The van der Waals surface area contributed by atoms with Crippen molar-refractivity contribution in [2.75, 3.05) is 20.1 Å². The Morgan fingerprint density at radius 3 is 2.21 bits per heavy atom. The van der Waals surface area contributed by atoms with Crippen LogP contribution in [0.2, 0.25) is 0 Å². The van der Waals surface area contributed by atoms with Gasteiger partial charge in [0.1, 0.15) is 0 Å². The molecule has 0 aliphatic rings. The number of alkyl halides is 3. The fourth-order valence-electron chi connectivity index (χ4n) is 1.15. The summed E-state index contributed by atoms with van der Waals surface area (Å²) >= 11 is 0. The Hall–Kier alpha value is -1.47. The van der Waals surface area contributed by atoms with E-state index in [4.69, 9.17) is 5.11 Å². The number of nitrogens with zero attached hydrogens (tertiary/aromatic N) is 1. The molecule has 5 nitrogen and oxygen atoms in total. The molecule has 0 saturated carbocycles. The summed E-state index contributed by atoms with van der Waals surface area (Å²) in [5.41, 5.74) is -1.12. The van der Waals surface area contributed by atoms with Crippen LogP contribution in [0.3, 0.4) is 0 Å². The van der Waals surface area contributed by atoms with Crippen molar-refractivity contribution in [3.05, 3.63) is 0 Å². The highest BCUT2D eigenvalue weighted by molar-refractivity contribution is 5.77. The van der Waals surface area contributed by atoms with Crippen molar-refractivity contribution < 1.29 is 27.9 Å². The summed E-state index contributed by atoms with van der Waals surface area (Å²) in [4.78, 5) is 23.4. The number of aliphatic carboxylic acids is 1. The van der Waals surface area contributed by atoms with Gasteiger partial charge in [0.2, 0.25) is 0 Å². The topological polar surface area (TPSA) is 69.6 Å². The predicted molar refractivity (Wildman–Crippen MR) is 62.7 cm³/mol. The van der Waals surface area contributed by atoms with E-state index in [0.29, 0.717) is 6.42 Å². The van der Waals surface area contributed by atoms with E-state index in [0.717, 1.165) is 4.90 Å². The van der Waals surface area contributed by atoms with E-state index in [1.165, 1.54) is 14.0 Å². The maximum absolute atomic E-state index is 12.0. The highest BCUT2D eigenvalue weighted by atomic mass is 19.4.